The number of sulfonamides is 1. The number of aliphatic carboxylic acids is 1. The number of fused-ring (bicyclic) bond motifs is 1. The number of nitrogens with one attached hydrogen (secondary N) is 1. The second kappa shape index (κ2) is 10.7. The third-order valence-corrected chi connectivity index (χ3v) is 7.80. The molecule has 3 rings (SSSR count). The van der Waals surface area contributed by atoms with E-state index in [-0.39, 0.29) is 28.2 Å². The van der Waals surface area contributed by atoms with Crippen molar-refractivity contribution in [2.75, 3.05) is 16.2 Å². The zero-order valence-electron chi connectivity index (χ0n) is 20.4. The van der Waals surface area contributed by atoms with E-state index in [2.05, 4.69) is 15.2 Å². The number of halogens is 6. The van der Waals surface area contributed by atoms with E-state index >= 15 is 0 Å². The molecule has 39 heavy (non-hydrogen) atoms. The molecular weight excluding hydrogens is 583 g/mol. The predicted molar refractivity (Wildman–Crippen MR) is 126 cm³/mol. The van der Waals surface area contributed by atoms with Gasteiger partial charge >= 0.3 is 24.8 Å². The highest BCUT2D eigenvalue weighted by molar-refractivity contribution is 7.93. The van der Waals surface area contributed by atoms with Crippen LogP contribution >= 0.6 is 11.6 Å². The van der Waals surface area contributed by atoms with Gasteiger partial charge in [-0.15, -0.1) is 0 Å². The van der Waals surface area contributed by atoms with Gasteiger partial charge in [0.1, 0.15) is 16.7 Å². The molecule has 18 heteroatoms. The van der Waals surface area contributed by atoms with Gasteiger partial charge in [0.15, 0.2) is 5.15 Å². The molecule has 0 aliphatic carbocycles. The van der Waals surface area contributed by atoms with E-state index in [9.17, 15) is 45.1 Å². The summed E-state index contributed by atoms with van der Waals surface area (Å²) in [6, 6.07) is 3.40. The SMILES string of the molecule is CC(CC1CN(S(=O)(=O)c2cn(C(F)F)nc2Cl)c2cc(NC(=O)OC(C)(C)C(F)(F)F)ccc2O1)C(=O)O. The van der Waals surface area contributed by atoms with Gasteiger partial charge in [-0.25, -0.2) is 17.9 Å². The van der Waals surface area contributed by atoms with Crippen molar-refractivity contribution >= 4 is 45.1 Å². The Kier molecular flexibility index (Phi) is 8.27. The molecule has 2 N–H and O–H groups in total. The van der Waals surface area contributed by atoms with Gasteiger partial charge in [0.25, 0.3) is 10.0 Å². The number of nitrogens with zero attached hydrogens (tertiary/aromatic N) is 3. The van der Waals surface area contributed by atoms with Crippen LogP contribution in [0.15, 0.2) is 29.3 Å². The zero-order valence-corrected chi connectivity index (χ0v) is 21.9. The number of carboxylic acids is 1. The maximum absolute atomic E-state index is 13.5. The van der Waals surface area contributed by atoms with E-state index in [1.807, 2.05) is 0 Å². The van der Waals surface area contributed by atoms with Crippen LogP contribution in [0.5, 0.6) is 5.75 Å². The number of anilines is 2. The fraction of sp³-hybridized carbons (Fsp3) is 0.476. The fourth-order valence-electron chi connectivity index (χ4n) is 3.41. The van der Waals surface area contributed by atoms with Gasteiger partial charge in [0.2, 0.25) is 5.60 Å². The van der Waals surface area contributed by atoms with Crippen molar-refractivity contribution in [3.63, 3.8) is 0 Å². The molecule has 0 saturated carbocycles. The number of carbonyl (C=O) groups excluding carboxylic acids is 1. The van der Waals surface area contributed by atoms with Crippen LogP contribution in [0.1, 0.15) is 33.7 Å². The Bertz CT molecular complexity index is 1370. The number of carbonyl (C=O) groups is 2. The molecule has 1 aliphatic heterocycles. The number of rotatable bonds is 8. The number of carboxylic acid groups (broad SMARTS) is 1. The Morgan fingerprint density at radius 2 is 1.95 bits per heavy atom. The van der Waals surface area contributed by atoms with E-state index in [1.165, 1.54) is 19.1 Å². The van der Waals surface area contributed by atoms with E-state index < -0.39 is 69.0 Å². The van der Waals surface area contributed by atoms with Gasteiger partial charge in [-0.3, -0.25) is 14.4 Å². The van der Waals surface area contributed by atoms with E-state index in [0.29, 0.717) is 24.3 Å². The number of alkyl halides is 5. The Balaban J connectivity index is 2.01. The molecule has 216 valence electrons. The van der Waals surface area contributed by atoms with Gasteiger partial charge in [-0.2, -0.15) is 27.1 Å². The summed E-state index contributed by atoms with van der Waals surface area (Å²) in [6.45, 7) is -1.09. The number of ether oxygens (including phenoxy) is 2. The number of hydrogen-bond donors (Lipinski definition) is 2. The first kappa shape index (κ1) is 30.2. The minimum atomic E-state index is -4.89. The maximum atomic E-state index is 13.5. The molecule has 0 spiro atoms. The number of hydrogen-bond acceptors (Lipinski definition) is 7. The van der Waals surface area contributed by atoms with Crippen LogP contribution < -0.4 is 14.4 Å². The van der Waals surface area contributed by atoms with Crippen LogP contribution in [0.3, 0.4) is 0 Å². The highest BCUT2D eigenvalue weighted by Gasteiger charge is 2.51. The number of aromatic nitrogens is 2. The Hall–Kier alpha value is -3.34. The maximum Gasteiger partial charge on any atom is 0.427 e. The average molecular weight is 605 g/mol. The molecule has 1 aromatic carbocycles. The van der Waals surface area contributed by atoms with Crippen molar-refractivity contribution in [2.24, 2.45) is 5.92 Å². The highest BCUT2D eigenvalue weighted by Crippen LogP contribution is 2.41. The summed E-state index contributed by atoms with van der Waals surface area (Å²) in [6.07, 6.45) is -7.05. The first-order valence-electron chi connectivity index (χ1n) is 11.0. The van der Waals surface area contributed by atoms with Crippen LogP contribution in [-0.4, -0.2) is 59.8 Å². The van der Waals surface area contributed by atoms with Crippen molar-refractivity contribution in [2.45, 2.75) is 56.5 Å². The van der Waals surface area contributed by atoms with Crippen LogP contribution in [0.2, 0.25) is 5.15 Å². The molecule has 1 aromatic heterocycles. The smallest absolute Gasteiger partial charge is 0.427 e. The second-order valence-electron chi connectivity index (χ2n) is 9.00. The van der Waals surface area contributed by atoms with Gasteiger partial charge in [-0.05, 0) is 38.5 Å². The zero-order chi connectivity index (χ0) is 29.5. The van der Waals surface area contributed by atoms with Crippen molar-refractivity contribution in [3.05, 3.63) is 29.5 Å². The molecule has 0 fully saturated rings. The third kappa shape index (κ3) is 6.46. The minimum absolute atomic E-state index is 0.0247. The lowest BCUT2D eigenvalue weighted by molar-refractivity contribution is -0.242. The monoisotopic (exact) mass is 604 g/mol. The summed E-state index contributed by atoms with van der Waals surface area (Å²) in [5, 5.41) is 13.8. The predicted octanol–water partition coefficient (Wildman–Crippen LogP) is 4.89. The molecule has 11 nitrogen and oxygen atoms in total. The van der Waals surface area contributed by atoms with E-state index in [4.69, 9.17) is 16.3 Å². The molecule has 2 unspecified atom stereocenters. The quantitative estimate of drug-likeness (QED) is 0.406. The Morgan fingerprint density at radius 1 is 1.31 bits per heavy atom. The standard InChI is InChI=1S/C21H22ClF5N4O7S/c1-10(17(32)33)6-12-8-31(39(35,36)15-9-30(18(23)24)29-16(15)22)13-7-11(4-5-14(13)37-12)28-19(34)38-20(2,3)21(25,26)27/h4-5,7,9-10,12,18H,6,8H2,1-3H3,(H,28,34)(H,32,33). The van der Waals surface area contributed by atoms with Crippen molar-refractivity contribution in [1.29, 1.82) is 0 Å². The number of amides is 1. The van der Waals surface area contributed by atoms with Crippen LogP contribution in [-0.2, 0) is 19.6 Å². The molecule has 0 radical (unpaired) electrons. The molecule has 2 atom stereocenters. The summed E-state index contributed by atoms with van der Waals surface area (Å²) in [4.78, 5) is 22.7. The summed E-state index contributed by atoms with van der Waals surface area (Å²) in [7, 11) is -4.74. The van der Waals surface area contributed by atoms with Crippen molar-refractivity contribution < 1.29 is 54.5 Å². The van der Waals surface area contributed by atoms with Crippen LogP contribution in [0.25, 0.3) is 0 Å². The molecule has 2 aromatic rings. The van der Waals surface area contributed by atoms with Gasteiger partial charge < -0.3 is 14.6 Å². The summed E-state index contributed by atoms with van der Waals surface area (Å²) < 4.78 is 103. The molecular formula is C21H22ClF5N4O7S. The molecule has 0 saturated heterocycles. The van der Waals surface area contributed by atoms with Gasteiger partial charge in [0.05, 0.1) is 24.3 Å². The first-order valence-corrected chi connectivity index (χ1v) is 12.8. The van der Waals surface area contributed by atoms with Gasteiger partial charge in [-0.1, -0.05) is 18.5 Å². The normalized spacial score (nSPS) is 16.9. The summed E-state index contributed by atoms with van der Waals surface area (Å²) >= 11 is 5.84. The van der Waals surface area contributed by atoms with Crippen LogP contribution in [0.4, 0.5) is 38.1 Å². The van der Waals surface area contributed by atoms with Crippen LogP contribution in [0, 0.1) is 5.92 Å². The summed E-state index contributed by atoms with van der Waals surface area (Å²) in [5.41, 5.74) is -3.30. The van der Waals surface area contributed by atoms with Crippen molar-refractivity contribution in [3.8, 4) is 5.75 Å². The largest absolute Gasteiger partial charge is 0.486 e. The average Bonchev–Trinajstić information content (AvgIpc) is 3.20. The minimum Gasteiger partial charge on any atom is -0.486 e. The fourth-order valence-corrected chi connectivity index (χ4v) is 5.34. The second-order valence-corrected chi connectivity index (χ2v) is 11.2. The third-order valence-electron chi connectivity index (χ3n) is 5.63. The topological polar surface area (TPSA) is 140 Å². The van der Waals surface area contributed by atoms with E-state index in [1.54, 1.807) is 0 Å². The lowest BCUT2D eigenvalue weighted by atomic mass is 10.0. The lowest BCUT2D eigenvalue weighted by Crippen LogP contribution is -2.45. The number of benzene rings is 1. The molecule has 1 amide bonds. The highest BCUT2D eigenvalue weighted by atomic mass is 35.5. The Labute approximate surface area is 223 Å². The summed E-state index contributed by atoms with van der Waals surface area (Å²) in [5.74, 6) is -2.25. The first-order chi connectivity index (χ1) is 17.8. The van der Waals surface area contributed by atoms with Crippen molar-refractivity contribution in [1.82, 2.24) is 9.78 Å². The van der Waals surface area contributed by atoms with Gasteiger partial charge in [0, 0.05) is 5.69 Å². The molecule has 0 bridgehead atoms. The molecule has 2 heterocycles. The Morgan fingerprint density at radius 3 is 2.49 bits per heavy atom. The van der Waals surface area contributed by atoms with E-state index in [0.717, 1.165) is 6.07 Å². The molecule has 1 aliphatic rings. The lowest BCUT2D eigenvalue weighted by Gasteiger charge is -2.36.